The molecule has 1 atom stereocenters. The summed E-state index contributed by atoms with van der Waals surface area (Å²) in [6.07, 6.45) is 0. The van der Waals surface area contributed by atoms with Gasteiger partial charge in [0, 0.05) is 32.7 Å². The first-order valence-corrected chi connectivity index (χ1v) is 13.1. The molecular weight excluding hydrogens is 456 g/mol. The van der Waals surface area contributed by atoms with Crippen molar-refractivity contribution < 1.29 is 13.2 Å². The van der Waals surface area contributed by atoms with Crippen molar-refractivity contribution in [1.29, 1.82) is 0 Å². The normalized spacial score (nSPS) is 16.5. The Bertz CT molecular complexity index is 956. The molecule has 1 saturated heterocycles. The molecule has 0 aliphatic carbocycles. The number of hydrogen-bond donors (Lipinski definition) is 1. The number of rotatable bonds is 8. The summed E-state index contributed by atoms with van der Waals surface area (Å²) in [7, 11) is -3.57. The summed E-state index contributed by atoms with van der Waals surface area (Å²) in [6.45, 7) is 7.73. The molecule has 1 aromatic carbocycles. The van der Waals surface area contributed by atoms with E-state index in [0.29, 0.717) is 24.0 Å². The van der Waals surface area contributed by atoms with Crippen LogP contribution in [0.15, 0.2) is 46.7 Å². The molecule has 2 amide bonds. The number of sulfonamides is 1. The van der Waals surface area contributed by atoms with Gasteiger partial charge in [-0.1, -0.05) is 55.8 Å². The summed E-state index contributed by atoms with van der Waals surface area (Å²) in [5, 5.41) is 3.05. The van der Waals surface area contributed by atoms with E-state index in [1.165, 1.54) is 10.4 Å². The molecule has 1 aliphatic heterocycles. The maximum Gasteiger partial charge on any atom is 0.317 e. The van der Waals surface area contributed by atoms with E-state index in [0.717, 1.165) is 30.0 Å². The third kappa shape index (κ3) is 5.78. The van der Waals surface area contributed by atoms with E-state index < -0.39 is 10.0 Å². The van der Waals surface area contributed by atoms with Crippen LogP contribution in [0.2, 0.25) is 4.34 Å². The molecule has 1 N–H and O–H groups in total. The number of carbonyl (C=O) groups is 1. The maximum atomic E-state index is 12.8. The molecule has 1 fully saturated rings. The predicted molar refractivity (Wildman–Crippen MR) is 125 cm³/mol. The van der Waals surface area contributed by atoms with E-state index in [9.17, 15) is 13.2 Å². The highest BCUT2D eigenvalue weighted by molar-refractivity contribution is 7.91. The average molecular weight is 485 g/mol. The third-order valence-corrected chi connectivity index (χ3v) is 9.15. The summed E-state index contributed by atoms with van der Waals surface area (Å²) in [5.41, 5.74) is 1.16. The van der Waals surface area contributed by atoms with Crippen LogP contribution < -0.4 is 5.32 Å². The van der Waals surface area contributed by atoms with Gasteiger partial charge in [-0.15, -0.1) is 11.3 Å². The molecule has 2 heterocycles. The van der Waals surface area contributed by atoms with E-state index in [-0.39, 0.29) is 29.4 Å². The fraction of sp³-hybridized carbons (Fsp3) is 0.476. The van der Waals surface area contributed by atoms with Crippen LogP contribution in [-0.4, -0.2) is 74.4 Å². The van der Waals surface area contributed by atoms with Gasteiger partial charge in [-0.2, -0.15) is 4.31 Å². The molecule has 170 valence electrons. The minimum Gasteiger partial charge on any atom is -0.336 e. The molecule has 0 spiro atoms. The van der Waals surface area contributed by atoms with Gasteiger partial charge in [0.15, 0.2) is 0 Å². The van der Waals surface area contributed by atoms with Crippen molar-refractivity contribution in [2.45, 2.75) is 24.1 Å². The van der Waals surface area contributed by atoms with Gasteiger partial charge >= 0.3 is 6.03 Å². The second-order valence-electron chi connectivity index (χ2n) is 7.28. The number of carbonyl (C=O) groups excluding carboxylic acids is 1. The first-order valence-electron chi connectivity index (χ1n) is 10.4. The van der Waals surface area contributed by atoms with E-state index >= 15 is 0 Å². The SMILES string of the molecule is CCN(CC)C(CNC(=O)N1CCN(S(=O)(=O)c2ccc(Cl)s2)CC1)c1ccccc1. The molecule has 0 radical (unpaired) electrons. The Morgan fingerprint density at radius 3 is 2.29 bits per heavy atom. The number of piperazine rings is 1. The monoisotopic (exact) mass is 484 g/mol. The van der Waals surface area contributed by atoms with Crippen molar-refractivity contribution >= 4 is 39.0 Å². The number of urea groups is 1. The van der Waals surface area contributed by atoms with Crippen molar-refractivity contribution in [2.75, 3.05) is 45.8 Å². The lowest BCUT2D eigenvalue weighted by Gasteiger charge is -2.35. The first kappa shape index (κ1) is 24.0. The molecule has 0 saturated carbocycles. The molecule has 31 heavy (non-hydrogen) atoms. The van der Waals surface area contributed by atoms with Crippen LogP contribution in [0.4, 0.5) is 4.79 Å². The van der Waals surface area contributed by atoms with Crippen LogP contribution in [-0.2, 0) is 10.0 Å². The largest absolute Gasteiger partial charge is 0.336 e. The number of amides is 2. The minimum absolute atomic E-state index is 0.0883. The smallest absolute Gasteiger partial charge is 0.317 e. The van der Waals surface area contributed by atoms with Gasteiger partial charge in [0.1, 0.15) is 4.21 Å². The fourth-order valence-corrected chi connectivity index (χ4v) is 6.85. The maximum absolute atomic E-state index is 12.8. The first-order chi connectivity index (χ1) is 14.9. The molecule has 10 heteroatoms. The summed E-state index contributed by atoms with van der Waals surface area (Å²) in [6, 6.07) is 13.2. The van der Waals surface area contributed by atoms with Crippen LogP contribution in [0.5, 0.6) is 0 Å². The van der Waals surface area contributed by atoms with Crippen LogP contribution in [0.3, 0.4) is 0 Å². The Balaban J connectivity index is 1.58. The number of nitrogens with one attached hydrogen (secondary N) is 1. The fourth-order valence-electron chi connectivity index (χ4n) is 3.79. The Labute approximate surface area is 193 Å². The second-order valence-corrected chi connectivity index (χ2v) is 11.2. The number of thiophene rings is 1. The van der Waals surface area contributed by atoms with Gasteiger partial charge in [0.05, 0.1) is 10.4 Å². The van der Waals surface area contributed by atoms with Crippen LogP contribution in [0.1, 0.15) is 25.5 Å². The highest BCUT2D eigenvalue weighted by atomic mass is 35.5. The average Bonchev–Trinajstić information content (AvgIpc) is 3.24. The molecule has 2 aromatic rings. The molecule has 1 aliphatic rings. The highest BCUT2D eigenvalue weighted by Gasteiger charge is 2.31. The van der Waals surface area contributed by atoms with Gasteiger partial charge in [0.25, 0.3) is 10.0 Å². The third-order valence-electron chi connectivity index (χ3n) is 5.55. The molecule has 1 unspecified atom stereocenters. The number of halogens is 1. The Hall–Kier alpha value is -1.65. The summed E-state index contributed by atoms with van der Waals surface area (Å²) in [4.78, 5) is 16.8. The topological polar surface area (TPSA) is 73.0 Å². The van der Waals surface area contributed by atoms with Gasteiger partial charge < -0.3 is 10.2 Å². The number of benzene rings is 1. The van der Waals surface area contributed by atoms with Crippen LogP contribution in [0, 0.1) is 0 Å². The summed E-state index contributed by atoms with van der Waals surface area (Å²) >= 11 is 6.94. The predicted octanol–water partition coefficient (Wildman–Crippen LogP) is 3.50. The van der Waals surface area contributed by atoms with Gasteiger partial charge in [-0.05, 0) is 30.8 Å². The summed E-state index contributed by atoms with van der Waals surface area (Å²) in [5.74, 6) is 0. The highest BCUT2D eigenvalue weighted by Crippen LogP contribution is 2.28. The lowest BCUT2D eigenvalue weighted by molar-refractivity contribution is 0.164. The zero-order valence-electron chi connectivity index (χ0n) is 17.8. The van der Waals surface area contributed by atoms with Crippen molar-refractivity contribution in [2.24, 2.45) is 0 Å². The lowest BCUT2D eigenvalue weighted by atomic mass is 10.1. The van der Waals surface area contributed by atoms with E-state index in [4.69, 9.17) is 11.6 Å². The van der Waals surface area contributed by atoms with Gasteiger partial charge in [-0.25, -0.2) is 13.2 Å². The number of hydrogen-bond acceptors (Lipinski definition) is 5. The van der Waals surface area contributed by atoms with E-state index in [1.807, 2.05) is 18.2 Å². The molecule has 7 nitrogen and oxygen atoms in total. The molecule has 0 bridgehead atoms. The van der Waals surface area contributed by atoms with Crippen molar-refractivity contribution in [1.82, 2.24) is 19.4 Å². The molecule has 3 rings (SSSR count). The van der Waals surface area contributed by atoms with Gasteiger partial charge in [-0.3, -0.25) is 4.90 Å². The zero-order chi connectivity index (χ0) is 22.4. The van der Waals surface area contributed by atoms with Gasteiger partial charge in [0.2, 0.25) is 0 Å². The molecule has 1 aromatic heterocycles. The Morgan fingerprint density at radius 1 is 1.10 bits per heavy atom. The standard InChI is InChI=1S/C21H29ClN4O3S2/c1-3-24(4-2)18(17-8-6-5-7-9-17)16-23-21(27)25-12-14-26(15-13-25)31(28,29)20-11-10-19(22)30-20/h5-11,18H,3-4,12-16H2,1-2H3,(H,23,27). The number of likely N-dealkylation sites (N-methyl/N-ethyl adjacent to an activating group) is 1. The lowest BCUT2D eigenvalue weighted by Crippen LogP contribution is -2.53. The second kappa shape index (κ2) is 10.8. The number of nitrogens with zero attached hydrogens (tertiary/aromatic N) is 3. The van der Waals surface area contributed by atoms with Crippen molar-refractivity contribution in [3.63, 3.8) is 0 Å². The van der Waals surface area contributed by atoms with Crippen LogP contribution in [0.25, 0.3) is 0 Å². The van der Waals surface area contributed by atoms with Crippen molar-refractivity contribution in [3.8, 4) is 0 Å². The zero-order valence-corrected chi connectivity index (χ0v) is 20.2. The Kier molecular flexibility index (Phi) is 8.35. The van der Waals surface area contributed by atoms with E-state index in [2.05, 4.69) is 36.2 Å². The minimum atomic E-state index is -3.57. The van der Waals surface area contributed by atoms with Crippen molar-refractivity contribution in [3.05, 3.63) is 52.4 Å². The Morgan fingerprint density at radius 2 is 1.74 bits per heavy atom. The van der Waals surface area contributed by atoms with E-state index in [1.54, 1.807) is 11.0 Å². The molecular formula is C21H29ClN4O3S2. The summed E-state index contributed by atoms with van der Waals surface area (Å²) < 4.78 is 27.6. The van der Waals surface area contributed by atoms with Crippen LogP contribution >= 0.6 is 22.9 Å². The quantitative estimate of drug-likeness (QED) is 0.622.